The second kappa shape index (κ2) is 3.63. The van der Waals surface area contributed by atoms with Crippen LogP contribution in [0.15, 0.2) is 23.0 Å². The van der Waals surface area contributed by atoms with Crippen LogP contribution in [0.5, 0.6) is 0 Å². The lowest BCUT2D eigenvalue weighted by Gasteiger charge is -1.96. The van der Waals surface area contributed by atoms with Crippen molar-refractivity contribution in [2.24, 2.45) is 0 Å². The van der Waals surface area contributed by atoms with Gasteiger partial charge in [-0.05, 0) is 11.4 Å². The van der Waals surface area contributed by atoms with E-state index in [9.17, 15) is 4.79 Å². The van der Waals surface area contributed by atoms with Gasteiger partial charge in [0.15, 0.2) is 5.82 Å². The van der Waals surface area contributed by atoms with E-state index in [-0.39, 0.29) is 5.91 Å². The maximum absolute atomic E-state index is 11.4. The van der Waals surface area contributed by atoms with Crippen LogP contribution in [-0.2, 0) is 0 Å². The quantitative estimate of drug-likeness (QED) is 0.824. The Morgan fingerprint density at radius 2 is 2.46 bits per heavy atom. The van der Waals surface area contributed by atoms with E-state index in [0.717, 1.165) is 11.7 Å². The Morgan fingerprint density at radius 1 is 1.54 bits per heavy atom. The summed E-state index contributed by atoms with van der Waals surface area (Å²) in [5, 5.41) is 6.27. The van der Waals surface area contributed by atoms with Crippen LogP contribution in [0.25, 0.3) is 0 Å². The highest BCUT2D eigenvalue weighted by atomic mass is 32.1. The van der Waals surface area contributed by atoms with Gasteiger partial charge in [-0.25, -0.2) is 0 Å². The lowest BCUT2D eigenvalue weighted by atomic mass is 10.3. The van der Waals surface area contributed by atoms with Crippen molar-refractivity contribution < 1.29 is 4.79 Å². The molecule has 0 aliphatic rings. The molecule has 13 heavy (non-hydrogen) atoms. The van der Waals surface area contributed by atoms with Crippen molar-refractivity contribution in [3.8, 4) is 0 Å². The lowest BCUT2D eigenvalue weighted by molar-refractivity contribution is 0.102. The average Bonchev–Trinajstić information content (AvgIpc) is 2.74. The molecular weight excluding hydrogens is 206 g/mol. The van der Waals surface area contributed by atoms with Gasteiger partial charge in [-0.1, -0.05) is 0 Å². The van der Waals surface area contributed by atoms with Crippen LogP contribution in [0.2, 0.25) is 0 Å². The van der Waals surface area contributed by atoms with E-state index in [4.69, 9.17) is 0 Å². The monoisotopic (exact) mass is 211 g/mol. The Labute approximate surface area is 82.6 Å². The zero-order chi connectivity index (χ0) is 9.10. The largest absolute Gasteiger partial charge is 0.304 e. The number of carbonyl (C=O) groups is 1. The maximum atomic E-state index is 11.4. The Hall–Kier alpha value is -1.27. The Bertz CT molecular complexity index is 382. The van der Waals surface area contributed by atoms with Crippen molar-refractivity contribution in [2.45, 2.75) is 0 Å². The third-order valence-electron chi connectivity index (χ3n) is 1.39. The van der Waals surface area contributed by atoms with E-state index in [2.05, 4.69) is 14.1 Å². The Kier molecular flexibility index (Phi) is 2.33. The zero-order valence-corrected chi connectivity index (χ0v) is 8.06. The maximum Gasteiger partial charge on any atom is 0.257 e. The van der Waals surface area contributed by atoms with Gasteiger partial charge < -0.3 is 5.32 Å². The first-order chi connectivity index (χ1) is 6.36. The van der Waals surface area contributed by atoms with Crippen LogP contribution in [0.1, 0.15) is 10.4 Å². The molecule has 0 aromatic carbocycles. The molecule has 0 spiro atoms. The molecule has 0 aliphatic carbocycles. The van der Waals surface area contributed by atoms with Crippen LogP contribution >= 0.6 is 23.1 Å². The number of carbonyl (C=O) groups excluding carboxylic acids is 1. The van der Waals surface area contributed by atoms with E-state index in [1.807, 2.05) is 5.38 Å². The Morgan fingerprint density at radius 3 is 3.08 bits per heavy atom. The molecule has 0 aliphatic heterocycles. The molecule has 2 aromatic heterocycles. The molecule has 0 saturated carbocycles. The number of rotatable bonds is 2. The molecule has 0 unspecified atom stereocenters. The van der Waals surface area contributed by atoms with E-state index in [1.165, 1.54) is 17.5 Å². The van der Waals surface area contributed by atoms with E-state index < -0.39 is 0 Å². The number of amides is 1. The van der Waals surface area contributed by atoms with Crippen LogP contribution in [0, 0.1) is 0 Å². The molecule has 2 aromatic rings. The molecule has 0 radical (unpaired) electrons. The minimum Gasteiger partial charge on any atom is -0.304 e. The molecule has 0 bridgehead atoms. The van der Waals surface area contributed by atoms with Crippen LogP contribution in [-0.4, -0.2) is 14.7 Å². The molecule has 1 amide bonds. The first-order valence-corrected chi connectivity index (χ1v) is 5.14. The summed E-state index contributed by atoms with van der Waals surface area (Å²) in [6.07, 6.45) is 1.52. The topological polar surface area (TPSA) is 54.9 Å². The molecule has 1 N–H and O–H groups in total. The van der Waals surface area contributed by atoms with Gasteiger partial charge >= 0.3 is 0 Å². The molecule has 6 heteroatoms. The van der Waals surface area contributed by atoms with Gasteiger partial charge in [-0.15, -0.1) is 0 Å². The predicted molar refractivity (Wildman–Crippen MR) is 52.2 cm³/mol. The fraction of sp³-hybridized carbons (Fsp3) is 0. The van der Waals surface area contributed by atoms with E-state index in [0.29, 0.717) is 11.4 Å². The summed E-state index contributed by atoms with van der Waals surface area (Å²) in [6.45, 7) is 0. The van der Waals surface area contributed by atoms with Crippen molar-refractivity contribution in [3.63, 3.8) is 0 Å². The number of hydrogen-bond acceptors (Lipinski definition) is 5. The third kappa shape index (κ3) is 1.90. The molecular formula is C7H5N3OS2. The molecule has 2 rings (SSSR count). The number of nitrogens with one attached hydrogen (secondary N) is 1. The van der Waals surface area contributed by atoms with Crippen molar-refractivity contribution in [1.29, 1.82) is 0 Å². The summed E-state index contributed by atoms with van der Waals surface area (Å²) in [5.74, 6) is 0.357. The summed E-state index contributed by atoms with van der Waals surface area (Å²) in [6, 6.07) is 1.76. The highest BCUT2D eigenvalue weighted by molar-refractivity contribution is 7.08. The minimum absolute atomic E-state index is 0.144. The molecule has 0 fully saturated rings. The predicted octanol–water partition coefficient (Wildman–Crippen LogP) is 1.85. The van der Waals surface area contributed by atoms with Gasteiger partial charge in [0, 0.05) is 5.38 Å². The summed E-state index contributed by atoms with van der Waals surface area (Å²) in [5.41, 5.74) is 0.651. The van der Waals surface area contributed by atoms with Gasteiger partial charge in [-0.2, -0.15) is 20.1 Å². The number of aromatic nitrogens is 2. The van der Waals surface area contributed by atoms with E-state index in [1.54, 1.807) is 11.4 Å². The highest BCUT2D eigenvalue weighted by Crippen LogP contribution is 2.09. The fourth-order valence-electron chi connectivity index (χ4n) is 0.802. The standard InChI is InChI=1S/C7H5N3OS2/c11-7(5-1-2-12-4-5)9-6-3-8-13-10-6/h1-4H,(H,9,10,11). The van der Waals surface area contributed by atoms with E-state index >= 15 is 0 Å². The van der Waals surface area contributed by atoms with Crippen molar-refractivity contribution in [2.75, 3.05) is 5.32 Å². The highest BCUT2D eigenvalue weighted by Gasteiger charge is 2.06. The zero-order valence-electron chi connectivity index (χ0n) is 6.43. The second-order valence-corrected chi connectivity index (χ2v) is 3.60. The van der Waals surface area contributed by atoms with Crippen molar-refractivity contribution in [1.82, 2.24) is 8.75 Å². The van der Waals surface area contributed by atoms with Crippen LogP contribution < -0.4 is 5.32 Å². The van der Waals surface area contributed by atoms with Gasteiger partial charge in [0.1, 0.15) is 0 Å². The van der Waals surface area contributed by atoms with Gasteiger partial charge in [-0.3, -0.25) is 4.79 Å². The molecule has 0 atom stereocenters. The fourth-order valence-corrected chi connectivity index (χ4v) is 1.81. The Balaban J connectivity index is 2.08. The van der Waals surface area contributed by atoms with Gasteiger partial charge in [0.2, 0.25) is 0 Å². The number of hydrogen-bond donors (Lipinski definition) is 1. The summed E-state index contributed by atoms with van der Waals surface area (Å²) in [7, 11) is 0. The SMILES string of the molecule is O=C(Nc1cnsn1)c1ccsc1. The smallest absolute Gasteiger partial charge is 0.257 e. The lowest BCUT2D eigenvalue weighted by Crippen LogP contribution is -2.10. The number of thiophene rings is 1. The van der Waals surface area contributed by atoms with Gasteiger partial charge in [0.05, 0.1) is 23.5 Å². The second-order valence-electron chi connectivity index (χ2n) is 2.26. The van der Waals surface area contributed by atoms with Crippen LogP contribution in [0.4, 0.5) is 5.82 Å². The molecule has 2 heterocycles. The normalized spacial score (nSPS) is 9.85. The molecule has 66 valence electrons. The van der Waals surface area contributed by atoms with Crippen LogP contribution in [0.3, 0.4) is 0 Å². The number of anilines is 1. The average molecular weight is 211 g/mol. The third-order valence-corrected chi connectivity index (χ3v) is 2.55. The summed E-state index contributed by atoms with van der Waals surface area (Å²) >= 11 is 2.55. The van der Waals surface area contributed by atoms with Crippen molar-refractivity contribution >= 4 is 34.8 Å². The summed E-state index contributed by atoms with van der Waals surface area (Å²) < 4.78 is 7.64. The van der Waals surface area contributed by atoms with Gasteiger partial charge in [0.25, 0.3) is 5.91 Å². The molecule has 0 saturated heterocycles. The number of nitrogens with zero attached hydrogens (tertiary/aromatic N) is 2. The first kappa shape index (κ1) is 8.33. The minimum atomic E-state index is -0.144. The van der Waals surface area contributed by atoms with Crippen molar-refractivity contribution in [3.05, 3.63) is 28.6 Å². The summed E-state index contributed by atoms with van der Waals surface area (Å²) in [4.78, 5) is 11.4. The first-order valence-electron chi connectivity index (χ1n) is 3.47. The molecule has 4 nitrogen and oxygen atoms in total.